The number of nitrogens with zero attached hydrogens (tertiary/aromatic N) is 2. The minimum Gasteiger partial charge on any atom is -0.495 e. The maximum atomic E-state index is 11.9. The topological polar surface area (TPSA) is 85.4 Å². The standard InChI is InChI=1S/C17H21ClN4O3/c1-4-5-8-19-17(23)12-6-7-16(22-21-12)20-13-10-14(24-2)11(18)9-15(13)25-3/h6-7,9-10H,4-5,8H2,1-3H3,(H,19,23)(H,20,22). The zero-order valence-corrected chi connectivity index (χ0v) is 15.2. The average molecular weight is 365 g/mol. The quantitative estimate of drug-likeness (QED) is 0.698. The Hall–Kier alpha value is -2.54. The third-order valence-electron chi connectivity index (χ3n) is 3.45. The summed E-state index contributed by atoms with van der Waals surface area (Å²) in [5.41, 5.74) is 0.889. The Bertz CT molecular complexity index is 723. The smallest absolute Gasteiger partial charge is 0.271 e. The highest BCUT2D eigenvalue weighted by atomic mass is 35.5. The average Bonchev–Trinajstić information content (AvgIpc) is 2.63. The summed E-state index contributed by atoms with van der Waals surface area (Å²) in [5.74, 6) is 1.27. The number of nitrogens with one attached hydrogen (secondary N) is 2. The summed E-state index contributed by atoms with van der Waals surface area (Å²) in [5, 5.41) is 14.3. The second kappa shape index (κ2) is 9.08. The van der Waals surface area contributed by atoms with Crippen LogP contribution in [0.15, 0.2) is 24.3 Å². The van der Waals surface area contributed by atoms with Crippen LogP contribution in [-0.2, 0) is 0 Å². The number of anilines is 2. The number of unbranched alkanes of at least 4 members (excludes halogenated alkanes) is 1. The molecule has 1 amide bonds. The predicted molar refractivity (Wildman–Crippen MR) is 97.1 cm³/mol. The first-order valence-corrected chi connectivity index (χ1v) is 8.27. The molecule has 2 rings (SSSR count). The summed E-state index contributed by atoms with van der Waals surface area (Å²) in [6.07, 6.45) is 1.94. The molecule has 8 heteroatoms. The fourth-order valence-corrected chi connectivity index (χ4v) is 2.32. The molecule has 2 N–H and O–H groups in total. The zero-order valence-electron chi connectivity index (χ0n) is 14.4. The van der Waals surface area contributed by atoms with Crippen molar-refractivity contribution in [2.24, 2.45) is 0 Å². The highest BCUT2D eigenvalue weighted by Crippen LogP contribution is 2.36. The maximum absolute atomic E-state index is 11.9. The first kappa shape index (κ1) is 18.8. The monoisotopic (exact) mass is 364 g/mol. The number of carbonyl (C=O) groups excluding carboxylic acids is 1. The molecular weight excluding hydrogens is 344 g/mol. The number of ether oxygens (including phenoxy) is 2. The fraction of sp³-hybridized carbons (Fsp3) is 0.353. The minimum atomic E-state index is -0.238. The van der Waals surface area contributed by atoms with E-state index in [2.05, 4.69) is 27.8 Å². The Morgan fingerprint density at radius 1 is 1.16 bits per heavy atom. The Labute approximate surface area is 151 Å². The number of aromatic nitrogens is 2. The molecule has 1 heterocycles. The molecule has 0 aliphatic carbocycles. The van der Waals surface area contributed by atoms with Gasteiger partial charge in [0.2, 0.25) is 0 Å². The van der Waals surface area contributed by atoms with Crippen molar-refractivity contribution in [2.75, 3.05) is 26.1 Å². The van der Waals surface area contributed by atoms with Crippen LogP contribution in [0.2, 0.25) is 5.02 Å². The maximum Gasteiger partial charge on any atom is 0.271 e. The lowest BCUT2D eigenvalue weighted by molar-refractivity contribution is 0.0947. The number of hydrogen-bond donors (Lipinski definition) is 2. The molecule has 0 bridgehead atoms. The molecule has 0 saturated carbocycles. The van der Waals surface area contributed by atoms with E-state index >= 15 is 0 Å². The molecule has 0 fully saturated rings. The molecule has 2 aromatic rings. The number of benzene rings is 1. The lowest BCUT2D eigenvalue weighted by Gasteiger charge is -2.13. The summed E-state index contributed by atoms with van der Waals surface area (Å²) in [6, 6.07) is 6.62. The number of methoxy groups -OCH3 is 2. The predicted octanol–water partition coefficient (Wildman–Crippen LogP) is 3.42. The fourth-order valence-electron chi connectivity index (χ4n) is 2.09. The van der Waals surface area contributed by atoms with Gasteiger partial charge in [-0.3, -0.25) is 4.79 Å². The summed E-state index contributed by atoms with van der Waals surface area (Å²) in [6.45, 7) is 2.69. The number of carbonyl (C=O) groups is 1. The molecule has 0 saturated heterocycles. The minimum absolute atomic E-state index is 0.238. The van der Waals surface area contributed by atoms with Crippen molar-refractivity contribution in [1.29, 1.82) is 0 Å². The highest BCUT2D eigenvalue weighted by molar-refractivity contribution is 6.32. The Balaban J connectivity index is 2.12. The van der Waals surface area contributed by atoms with Gasteiger partial charge in [-0.1, -0.05) is 24.9 Å². The van der Waals surface area contributed by atoms with Crippen LogP contribution in [0.25, 0.3) is 0 Å². The number of hydrogen-bond acceptors (Lipinski definition) is 6. The summed E-state index contributed by atoms with van der Waals surface area (Å²) < 4.78 is 10.5. The molecule has 0 aliphatic rings. The van der Waals surface area contributed by atoms with Gasteiger partial charge in [-0.15, -0.1) is 10.2 Å². The Morgan fingerprint density at radius 3 is 2.52 bits per heavy atom. The molecular formula is C17H21ClN4O3. The van der Waals surface area contributed by atoms with E-state index in [1.54, 1.807) is 31.4 Å². The third kappa shape index (κ3) is 4.96. The number of amides is 1. The summed E-state index contributed by atoms with van der Waals surface area (Å²) in [7, 11) is 3.07. The van der Waals surface area contributed by atoms with Gasteiger partial charge in [0, 0.05) is 18.7 Å². The van der Waals surface area contributed by atoms with E-state index in [0.29, 0.717) is 34.6 Å². The molecule has 0 spiro atoms. The van der Waals surface area contributed by atoms with Crippen molar-refractivity contribution in [2.45, 2.75) is 19.8 Å². The second-order valence-corrected chi connectivity index (χ2v) is 5.63. The summed E-state index contributed by atoms with van der Waals surface area (Å²) >= 11 is 6.09. The van der Waals surface area contributed by atoms with Crippen molar-refractivity contribution in [3.63, 3.8) is 0 Å². The van der Waals surface area contributed by atoms with Gasteiger partial charge < -0.3 is 20.1 Å². The first-order valence-electron chi connectivity index (χ1n) is 7.89. The number of rotatable bonds is 8. The van der Waals surface area contributed by atoms with E-state index in [1.807, 2.05) is 0 Å². The van der Waals surface area contributed by atoms with Gasteiger partial charge in [0.1, 0.15) is 11.5 Å². The largest absolute Gasteiger partial charge is 0.495 e. The van der Waals surface area contributed by atoms with Crippen molar-refractivity contribution in [1.82, 2.24) is 15.5 Å². The molecule has 0 unspecified atom stereocenters. The molecule has 25 heavy (non-hydrogen) atoms. The lowest BCUT2D eigenvalue weighted by atomic mass is 10.2. The third-order valence-corrected chi connectivity index (χ3v) is 3.75. The summed E-state index contributed by atoms with van der Waals surface area (Å²) in [4.78, 5) is 11.9. The van der Waals surface area contributed by atoms with Gasteiger partial charge in [-0.2, -0.15) is 0 Å². The van der Waals surface area contributed by atoms with Gasteiger partial charge in [-0.05, 0) is 18.6 Å². The molecule has 134 valence electrons. The molecule has 1 aromatic carbocycles. The van der Waals surface area contributed by atoms with Crippen molar-refractivity contribution >= 4 is 29.0 Å². The van der Waals surface area contributed by atoms with Crippen LogP contribution in [0, 0.1) is 0 Å². The van der Waals surface area contributed by atoms with Crippen LogP contribution in [-0.4, -0.2) is 36.9 Å². The van der Waals surface area contributed by atoms with E-state index in [-0.39, 0.29) is 11.6 Å². The lowest BCUT2D eigenvalue weighted by Crippen LogP contribution is -2.25. The van der Waals surface area contributed by atoms with E-state index in [4.69, 9.17) is 21.1 Å². The van der Waals surface area contributed by atoms with E-state index in [0.717, 1.165) is 12.8 Å². The molecule has 1 aromatic heterocycles. The molecule has 7 nitrogen and oxygen atoms in total. The van der Waals surface area contributed by atoms with Gasteiger partial charge in [0.25, 0.3) is 5.91 Å². The van der Waals surface area contributed by atoms with Crippen molar-refractivity contribution in [3.8, 4) is 11.5 Å². The number of halogens is 1. The van der Waals surface area contributed by atoms with Gasteiger partial charge in [0.15, 0.2) is 11.5 Å². The Kier molecular flexibility index (Phi) is 6.82. The SMILES string of the molecule is CCCCNC(=O)c1ccc(Nc2cc(OC)c(Cl)cc2OC)nn1. The normalized spacial score (nSPS) is 10.2. The second-order valence-electron chi connectivity index (χ2n) is 5.23. The van der Waals surface area contributed by atoms with E-state index in [1.165, 1.54) is 7.11 Å². The van der Waals surface area contributed by atoms with Crippen LogP contribution in [0.1, 0.15) is 30.3 Å². The van der Waals surface area contributed by atoms with Crippen LogP contribution in [0.3, 0.4) is 0 Å². The van der Waals surface area contributed by atoms with E-state index < -0.39 is 0 Å². The first-order chi connectivity index (χ1) is 12.1. The molecule has 0 radical (unpaired) electrons. The Morgan fingerprint density at radius 2 is 1.92 bits per heavy atom. The van der Waals surface area contributed by atoms with Crippen LogP contribution < -0.4 is 20.1 Å². The van der Waals surface area contributed by atoms with E-state index in [9.17, 15) is 4.79 Å². The van der Waals surface area contributed by atoms with Crippen molar-refractivity contribution in [3.05, 3.63) is 35.0 Å². The van der Waals surface area contributed by atoms with Crippen LogP contribution in [0.4, 0.5) is 11.5 Å². The van der Waals surface area contributed by atoms with Gasteiger partial charge >= 0.3 is 0 Å². The molecule has 0 atom stereocenters. The van der Waals surface area contributed by atoms with Gasteiger partial charge in [0.05, 0.1) is 24.9 Å². The highest BCUT2D eigenvalue weighted by Gasteiger charge is 2.12. The van der Waals surface area contributed by atoms with Crippen LogP contribution >= 0.6 is 11.6 Å². The zero-order chi connectivity index (χ0) is 18.2. The molecule has 0 aliphatic heterocycles. The van der Waals surface area contributed by atoms with Gasteiger partial charge in [-0.25, -0.2) is 0 Å². The van der Waals surface area contributed by atoms with Crippen molar-refractivity contribution < 1.29 is 14.3 Å². The van der Waals surface area contributed by atoms with Crippen LogP contribution in [0.5, 0.6) is 11.5 Å².